The van der Waals surface area contributed by atoms with Crippen molar-refractivity contribution < 1.29 is 14.0 Å². The second kappa shape index (κ2) is 9.26. The molecule has 0 unspecified atom stereocenters. The number of para-hydroxylation sites is 1. The molecule has 0 spiro atoms. The predicted molar refractivity (Wildman–Crippen MR) is 131 cm³/mol. The first-order valence-corrected chi connectivity index (χ1v) is 11.8. The van der Waals surface area contributed by atoms with Crippen LogP contribution in [-0.2, 0) is 16.0 Å². The lowest BCUT2D eigenvalue weighted by atomic mass is 9.89. The van der Waals surface area contributed by atoms with Crippen LogP contribution in [0.15, 0.2) is 84.6 Å². The summed E-state index contributed by atoms with van der Waals surface area (Å²) >= 11 is 0. The van der Waals surface area contributed by atoms with Gasteiger partial charge in [-0.05, 0) is 55.4 Å². The van der Waals surface area contributed by atoms with Gasteiger partial charge < -0.3 is 4.90 Å². The van der Waals surface area contributed by atoms with E-state index in [1.54, 1.807) is 12.1 Å². The van der Waals surface area contributed by atoms with Gasteiger partial charge in [-0.15, -0.1) is 0 Å². The second-order valence-corrected chi connectivity index (χ2v) is 9.11. The predicted octanol–water partition coefficient (Wildman–Crippen LogP) is 5.37. The number of likely N-dealkylation sites (tertiary alicyclic amines) is 1. The largest absolute Gasteiger partial charge is 0.366 e. The van der Waals surface area contributed by atoms with Gasteiger partial charge in [0.05, 0.1) is 11.3 Å². The maximum atomic E-state index is 14.6. The number of hydrogen-bond donors (Lipinski definition) is 0. The lowest BCUT2D eigenvalue weighted by Crippen LogP contribution is -2.39. The highest BCUT2D eigenvalue weighted by molar-refractivity contribution is 6.45. The maximum absolute atomic E-state index is 14.6. The van der Waals surface area contributed by atoms with Gasteiger partial charge in [-0.1, -0.05) is 72.3 Å². The summed E-state index contributed by atoms with van der Waals surface area (Å²) in [6, 6.07) is 24.0. The van der Waals surface area contributed by atoms with E-state index in [4.69, 9.17) is 0 Å². The van der Waals surface area contributed by atoms with Crippen molar-refractivity contribution in [2.24, 2.45) is 5.92 Å². The minimum atomic E-state index is -0.588. The third-order valence-corrected chi connectivity index (χ3v) is 6.79. The molecule has 2 heterocycles. The number of imide groups is 1. The zero-order valence-corrected chi connectivity index (χ0v) is 19.2. The summed E-state index contributed by atoms with van der Waals surface area (Å²) in [5, 5.41) is 0. The molecule has 5 rings (SSSR count). The van der Waals surface area contributed by atoms with Crippen LogP contribution in [0.25, 0.3) is 5.57 Å². The Balaban J connectivity index is 1.46. The normalized spacial score (nSPS) is 17.1. The highest BCUT2D eigenvalue weighted by Gasteiger charge is 2.43. The number of amides is 2. The summed E-state index contributed by atoms with van der Waals surface area (Å²) in [5.74, 6) is -0.986. The van der Waals surface area contributed by atoms with E-state index in [9.17, 15) is 14.0 Å². The number of aryl methyl sites for hydroxylation is 1. The third-order valence-electron chi connectivity index (χ3n) is 6.79. The van der Waals surface area contributed by atoms with E-state index in [1.165, 1.54) is 17.7 Å². The smallest absolute Gasteiger partial charge is 0.282 e. The van der Waals surface area contributed by atoms with E-state index in [-0.39, 0.29) is 5.69 Å². The third kappa shape index (κ3) is 4.14. The first-order chi connectivity index (χ1) is 16.5. The van der Waals surface area contributed by atoms with Gasteiger partial charge in [0.2, 0.25) is 0 Å². The van der Waals surface area contributed by atoms with E-state index in [0.29, 0.717) is 35.8 Å². The molecule has 3 aromatic rings. The molecule has 3 aromatic carbocycles. The summed E-state index contributed by atoms with van der Waals surface area (Å²) < 4.78 is 14.6. The van der Waals surface area contributed by atoms with Crippen molar-refractivity contribution in [3.05, 3.63) is 107 Å². The second-order valence-electron chi connectivity index (χ2n) is 9.11. The van der Waals surface area contributed by atoms with Crippen molar-refractivity contribution in [1.29, 1.82) is 0 Å². The SMILES string of the molecule is Cc1ccc(C2=C(N3CCC(Cc4ccccc4)CC3)C(=O)N(c3ccccc3F)C2=O)cc1. The van der Waals surface area contributed by atoms with Crippen LogP contribution in [0.2, 0.25) is 0 Å². The molecule has 0 saturated carbocycles. The van der Waals surface area contributed by atoms with E-state index in [0.717, 1.165) is 29.7 Å². The Hall–Kier alpha value is -3.73. The topological polar surface area (TPSA) is 40.6 Å². The van der Waals surface area contributed by atoms with Crippen LogP contribution < -0.4 is 4.90 Å². The number of nitrogens with zero attached hydrogens (tertiary/aromatic N) is 2. The Morgan fingerprint density at radius 3 is 2.15 bits per heavy atom. The van der Waals surface area contributed by atoms with Crippen molar-refractivity contribution >= 4 is 23.1 Å². The highest BCUT2D eigenvalue weighted by Crippen LogP contribution is 2.37. The number of carbonyl (C=O) groups excluding carboxylic acids is 2. The molecule has 1 saturated heterocycles. The number of rotatable bonds is 5. The minimum Gasteiger partial charge on any atom is -0.366 e. The van der Waals surface area contributed by atoms with Crippen LogP contribution in [-0.4, -0.2) is 29.8 Å². The number of anilines is 1. The molecule has 0 radical (unpaired) electrons. The fourth-order valence-electron chi connectivity index (χ4n) is 4.95. The van der Waals surface area contributed by atoms with Crippen LogP contribution >= 0.6 is 0 Å². The van der Waals surface area contributed by atoms with E-state index < -0.39 is 17.6 Å². The van der Waals surface area contributed by atoms with Crippen LogP contribution in [0.3, 0.4) is 0 Å². The molecule has 0 bridgehead atoms. The summed E-state index contributed by atoms with van der Waals surface area (Å²) in [6.07, 6.45) is 2.87. The number of benzene rings is 3. The summed E-state index contributed by atoms with van der Waals surface area (Å²) in [6.45, 7) is 3.35. The number of piperidine rings is 1. The van der Waals surface area contributed by atoms with Crippen LogP contribution in [0.5, 0.6) is 0 Å². The van der Waals surface area contributed by atoms with Gasteiger partial charge in [0.25, 0.3) is 11.8 Å². The van der Waals surface area contributed by atoms with Gasteiger partial charge >= 0.3 is 0 Å². The maximum Gasteiger partial charge on any atom is 0.282 e. The molecule has 2 aliphatic rings. The lowest BCUT2D eigenvalue weighted by Gasteiger charge is -2.34. The van der Waals surface area contributed by atoms with E-state index in [1.807, 2.05) is 42.2 Å². The van der Waals surface area contributed by atoms with Gasteiger partial charge in [-0.25, -0.2) is 9.29 Å². The Kier molecular flexibility index (Phi) is 6.01. The van der Waals surface area contributed by atoms with Crippen molar-refractivity contribution in [2.45, 2.75) is 26.2 Å². The van der Waals surface area contributed by atoms with Crippen LogP contribution in [0, 0.1) is 18.7 Å². The van der Waals surface area contributed by atoms with Crippen molar-refractivity contribution in [1.82, 2.24) is 4.90 Å². The van der Waals surface area contributed by atoms with E-state index >= 15 is 0 Å². The first-order valence-electron chi connectivity index (χ1n) is 11.8. The minimum absolute atomic E-state index is 0.00363. The Morgan fingerprint density at radius 2 is 1.47 bits per heavy atom. The molecular weight excluding hydrogens is 427 g/mol. The number of hydrogen-bond acceptors (Lipinski definition) is 3. The molecule has 1 fully saturated rings. The molecule has 0 N–H and O–H groups in total. The summed E-state index contributed by atoms with van der Waals surface area (Å²) in [7, 11) is 0. The van der Waals surface area contributed by atoms with Gasteiger partial charge in [0.15, 0.2) is 0 Å². The Morgan fingerprint density at radius 1 is 0.824 bits per heavy atom. The van der Waals surface area contributed by atoms with Gasteiger partial charge in [0, 0.05) is 13.1 Å². The first kappa shape index (κ1) is 22.1. The van der Waals surface area contributed by atoms with E-state index in [2.05, 4.69) is 24.3 Å². The monoisotopic (exact) mass is 454 g/mol. The molecule has 0 atom stereocenters. The molecule has 34 heavy (non-hydrogen) atoms. The summed E-state index contributed by atoms with van der Waals surface area (Å²) in [4.78, 5) is 30.2. The zero-order chi connectivity index (χ0) is 23.7. The highest BCUT2D eigenvalue weighted by atomic mass is 19.1. The lowest BCUT2D eigenvalue weighted by molar-refractivity contribution is -0.120. The average Bonchev–Trinajstić information content (AvgIpc) is 3.11. The fourth-order valence-corrected chi connectivity index (χ4v) is 4.95. The zero-order valence-electron chi connectivity index (χ0n) is 19.2. The number of halogens is 1. The molecular formula is C29H27FN2O2. The molecule has 2 aliphatic heterocycles. The van der Waals surface area contributed by atoms with Gasteiger partial charge in [-0.3, -0.25) is 9.59 Å². The molecule has 0 aliphatic carbocycles. The van der Waals surface area contributed by atoms with Crippen molar-refractivity contribution in [3.63, 3.8) is 0 Å². The standard InChI is InChI=1S/C29H27FN2O2/c1-20-11-13-23(14-12-20)26-27(29(34)32(28(26)33)25-10-6-5-9-24(25)30)31-17-15-22(16-18-31)19-21-7-3-2-4-8-21/h2-14,22H,15-19H2,1H3. The molecule has 172 valence electrons. The molecule has 4 nitrogen and oxygen atoms in total. The van der Waals surface area contributed by atoms with Crippen LogP contribution in [0.4, 0.5) is 10.1 Å². The van der Waals surface area contributed by atoms with Crippen molar-refractivity contribution in [2.75, 3.05) is 18.0 Å². The molecule has 2 amide bonds. The quantitative estimate of drug-likeness (QED) is 0.487. The summed E-state index contributed by atoms with van der Waals surface area (Å²) in [5.41, 5.74) is 3.80. The fraction of sp³-hybridized carbons (Fsp3) is 0.241. The average molecular weight is 455 g/mol. The van der Waals surface area contributed by atoms with Crippen molar-refractivity contribution in [3.8, 4) is 0 Å². The van der Waals surface area contributed by atoms with Gasteiger partial charge in [0.1, 0.15) is 11.5 Å². The molecule has 5 heteroatoms. The van der Waals surface area contributed by atoms with Crippen LogP contribution in [0.1, 0.15) is 29.5 Å². The van der Waals surface area contributed by atoms with Gasteiger partial charge in [-0.2, -0.15) is 0 Å². The number of carbonyl (C=O) groups is 2. The Labute approximate surface area is 199 Å². The Bertz CT molecular complexity index is 1240. The molecule has 0 aromatic heterocycles.